The van der Waals surface area contributed by atoms with Gasteiger partial charge in [0, 0.05) is 5.56 Å². The Morgan fingerprint density at radius 1 is 1.50 bits per heavy atom. The van der Waals surface area contributed by atoms with E-state index < -0.39 is 11.8 Å². The minimum absolute atomic E-state index is 0.0375. The molecule has 5 heteroatoms. The average Bonchev–Trinajstić information content (AvgIpc) is 2.70. The number of aromatic carboxylic acids is 1. The molecular weight excluding hydrogens is 211 g/mol. The smallest absolute Gasteiger partial charge is 0.339 e. The quantitative estimate of drug-likeness (QED) is 0.815. The van der Waals surface area contributed by atoms with Crippen LogP contribution in [0.4, 0.5) is 4.39 Å². The summed E-state index contributed by atoms with van der Waals surface area (Å²) in [5.41, 5.74) is 1.22. The van der Waals surface area contributed by atoms with E-state index in [2.05, 4.69) is 10.2 Å². The number of aromatic amines is 1. The van der Waals surface area contributed by atoms with Crippen LogP contribution in [-0.4, -0.2) is 21.3 Å². The summed E-state index contributed by atoms with van der Waals surface area (Å²) in [5.74, 6) is -1.61. The number of carboxylic acid groups (broad SMARTS) is 1. The molecule has 82 valence electrons. The second-order valence-corrected chi connectivity index (χ2v) is 3.45. The largest absolute Gasteiger partial charge is 0.478 e. The summed E-state index contributed by atoms with van der Waals surface area (Å²) in [7, 11) is 0. The molecule has 0 saturated carbocycles. The van der Waals surface area contributed by atoms with E-state index in [1.54, 1.807) is 19.1 Å². The van der Waals surface area contributed by atoms with E-state index in [1.165, 1.54) is 12.3 Å². The molecule has 1 aromatic carbocycles. The van der Waals surface area contributed by atoms with Crippen LogP contribution in [0.3, 0.4) is 0 Å². The van der Waals surface area contributed by atoms with Crippen LogP contribution < -0.4 is 0 Å². The van der Waals surface area contributed by atoms with Crippen LogP contribution in [0.5, 0.6) is 0 Å². The number of nitrogens with zero attached hydrogens (tertiary/aromatic N) is 1. The number of carbonyl (C=O) groups is 1. The van der Waals surface area contributed by atoms with Gasteiger partial charge in [0.25, 0.3) is 0 Å². The second-order valence-electron chi connectivity index (χ2n) is 3.45. The first-order chi connectivity index (χ1) is 7.59. The number of aromatic nitrogens is 2. The molecule has 0 radical (unpaired) electrons. The van der Waals surface area contributed by atoms with Gasteiger partial charge in [0.05, 0.1) is 11.9 Å². The summed E-state index contributed by atoms with van der Waals surface area (Å²) in [6.07, 6.45) is 1.17. The topological polar surface area (TPSA) is 66.0 Å². The van der Waals surface area contributed by atoms with E-state index >= 15 is 0 Å². The van der Waals surface area contributed by atoms with Crippen molar-refractivity contribution in [3.05, 3.63) is 41.3 Å². The summed E-state index contributed by atoms with van der Waals surface area (Å²) in [5, 5.41) is 15.0. The number of aryl methyl sites for hydroxylation is 1. The fourth-order valence-corrected chi connectivity index (χ4v) is 1.48. The van der Waals surface area contributed by atoms with Gasteiger partial charge in [-0.05, 0) is 19.1 Å². The molecule has 0 atom stereocenters. The average molecular weight is 220 g/mol. The molecule has 0 aliphatic heterocycles. The number of rotatable bonds is 2. The Morgan fingerprint density at radius 2 is 2.25 bits per heavy atom. The zero-order valence-electron chi connectivity index (χ0n) is 8.49. The van der Waals surface area contributed by atoms with Crippen LogP contribution in [0.15, 0.2) is 24.4 Å². The van der Waals surface area contributed by atoms with Crippen LogP contribution in [0.25, 0.3) is 11.3 Å². The van der Waals surface area contributed by atoms with Crippen LogP contribution >= 0.6 is 0 Å². The Hall–Kier alpha value is -2.17. The Morgan fingerprint density at radius 3 is 2.94 bits per heavy atom. The van der Waals surface area contributed by atoms with Crippen molar-refractivity contribution in [3.63, 3.8) is 0 Å². The highest BCUT2D eigenvalue weighted by atomic mass is 19.1. The maximum Gasteiger partial charge on any atom is 0.339 e. The number of hydrogen-bond acceptors (Lipinski definition) is 2. The molecule has 16 heavy (non-hydrogen) atoms. The molecule has 0 fully saturated rings. The lowest BCUT2D eigenvalue weighted by Gasteiger charge is -2.03. The first-order valence-electron chi connectivity index (χ1n) is 4.63. The molecule has 0 amide bonds. The lowest BCUT2D eigenvalue weighted by Crippen LogP contribution is -1.98. The van der Waals surface area contributed by atoms with Gasteiger partial charge in [0.15, 0.2) is 0 Å². The lowest BCUT2D eigenvalue weighted by atomic mass is 10.1. The van der Waals surface area contributed by atoms with Gasteiger partial charge in [0.2, 0.25) is 0 Å². The molecule has 2 aromatic rings. The van der Waals surface area contributed by atoms with Gasteiger partial charge in [-0.25, -0.2) is 9.18 Å². The molecule has 2 rings (SSSR count). The highest BCUT2D eigenvalue weighted by Gasteiger charge is 2.16. The van der Waals surface area contributed by atoms with E-state index in [-0.39, 0.29) is 16.8 Å². The van der Waals surface area contributed by atoms with E-state index in [0.717, 1.165) is 5.56 Å². The van der Waals surface area contributed by atoms with Crippen molar-refractivity contribution in [1.82, 2.24) is 10.2 Å². The number of hydrogen-bond donors (Lipinski definition) is 2. The SMILES string of the molecule is Cc1ccc(F)c(-c2[nH]ncc2C(=O)O)c1. The number of halogens is 1. The van der Waals surface area contributed by atoms with Crippen molar-refractivity contribution in [1.29, 1.82) is 0 Å². The van der Waals surface area contributed by atoms with Gasteiger partial charge < -0.3 is 5.11 Å². The standard InChI is InChI=1S/C11H9FN2O2/c1-6-2-3-9(12)7(4-6)10-8(11(15)16)5-13-14-10/h2-5H,1H3,(H,13,14)(H,15,16). The minimum Gasteiger partial charge on any atom is -0.478 e. The number of carboxylic acids is 1. The van der Waals surface area contributed by atoms with Gasteiger partial charge >= 0.3 is 5.97 Å². The van der Waals surface area contributed by atoms with Crippen LogP contribution in [0, 0.1) is 12.7 Å². The molecule has 1 heterocycles. The minimum atomic E-state index is -1.13. The molecule has 2 N–H and O–H groups in total. The van der Waals surface area contributed by atoms with Gasteiger partial charge in [-0.1, -0.05) is 11.6 Å². The van der Waals surface area contributed by atoms with Crippen molar-refractivity contribution in [3.8, 4) is 11.3 Å². The molecule has 0 unspecified atom stereocenters. The van der Waals surface area contributed by atoms with E-state index in [0.29, 0.717) is 0 Å². The maximum atomic E-state index is 13.5. The lowest BCUT2D eigenvalue weighted by molar-refractivity contribution is 0.0698. The first-order valence-corrected chi connectivity index (χ1v) is 4.63. The summed E-state index contributed by atoms with van der Waals surface area (Å²) < 4.78 is 13.5. The predicted molar refractivity (Wildman–Crippen MR) is 55.7 cm³/mol. The summed E-state index contributed by atoms with van der Waals surface area (Å²) >= 11 is 0. The zero-order chi connectivity index (χ0) is 11.7. The monoisotopic (exact) mass is 220 g/mol. The third-order valence-electron chi connectivity index (χ3n) is 2.26. The van der Waals surface area contributed by atoms with Gasteiger partial charge in [0.1, 0.15) is 11.4 Å². The fourth-order valence-electron chi connectivity index (χ4n) is 1.48. The number of nitrogens with one attached hydrogen (secondary N) is 1. The van der Waals surface area contributed by atoms with Crippen LogP contribution in [0.1, 0.15) is 15.9 Å². The molecule has 4 nitrogen and oxygen atoms in total. The van der Waals surface area contributed by atoms with Crippen LogP contribution in [-0.2, 0) is 0 Å². The zero-order valence-corrected chi connectivity index (χ0v) is 8.49. The third kappa shape index (κ3) is 1.67. The molecule has 0 bridgehead atoms. The molecule has 0 saturated heterocycles. The van der Waals surface area contributed by atoms with Crippen molar-refractivity contribution < 1.29 is 14.3 Å². The Kier molecular flexibility index (Phi) is 2.44. The molecule has 0 aliphatic rings. The summed E-state index contributed by atoms with van der Waals surface area (Å²) in [6, 6.07) is 4.50. The van der Waals surface area contributed by atoms with Crippen molar-refractivity contribution >= 4 is 5.97 Å². The fraction of sp³-hybridized carbons (Fsp3) is 0.0909. The van der Waals surface area contributed by atoms with E-state index in [9.17, 15) is 9.18 Å². The Balaban J connectivity index is 2.62. The predicted octanol–water partition coefficient (Wildman–Crippen LogP) is 2.22. The first kappa shape index (κ1) is 10.4. The van der Waals surface area contributed by atoms with Crippen LogP contribution in [0.2, 0.25) is 0 Å². The number of benzene rings is 1. The van der Waals surface area contributed by atoms with Gasteiger partial charge in [-0.3, -0.25) is 5.10 Å². The maximum absolute atomic E-state index is 13.5. The highest BCUT2D eigenvalue weighted by Crippen LogP contribution is 2.25. The molecule has 1 aromatic heterocycles. The van der Waals surface area contributed by atoms with Crippen molar-refractivity contribution in [2.75, 3.05) is 0 Å². The van der Waals surface area contributed by atoms with Crippen molar-refractivity contribution in [2.24, 2.45) is 0 Å². The Labute approximate surface area is 90.7 Å². The third-order valence-corrected chi connectivity index (χ3v) is 2.26. The second kappa shape index (κ2) is 3.77. The summed E-state index contributed by atoms with van der Waals surface area (Å²) in [6.45, 7) is 1.81. The molecular formula is C11H9FN2O2. The van der Waals surface area contributed by atoms with Gasteiger partial charge in [-0.15, -0.1) is 0 Å². The number of H-pyrrole nitrogens is 1. The molecule has 0 spiro atoms. The Bertz CT molecular complexity index is 549. The highest BCUT2D eigenvalue weighted by molar-refractivity contribution is 5.94. The summed E-state index contributed by atoms with van der Waals surface area (Å²) in [4.78, 5) is 10.9. The van der Waals surface area contributed by atoms with E-state index in [4.69, 9.17) is 5.11 Å². The van der Waals surface area contributed by atoms with Crippen molar-refractivity contribution in [2.45, 2.75) is 6.92 Å². The van der Waals surface area contributed by atoms with Gasteiger partial charge in [-0.2, -0.15) is 5.10 Å². The molecule has 0 aliphatic carbocycles. The normalized spacial score (nSPS) is 10.4. The van der Waals surface area contributed by atoms with E-state index in [1.807, 2.05) is 0 Å².